The molecule has 0 aromatic heterocycles. The first-order valence-corrected chi connectivity index (χ1v) is 2.80. The van der Waals surface area contributed by atoms with E-state index in [0.29, 0.717) is 0 Å². The lowest BCUT2D eigenvalue weighted by molar-refractivity contribution is -0.125. The molecular weight excluding hydrogens is 138 g/mol. The molecule has 1 saturated heterocycles. The van der Waals surface area contributed by atoms with Crippen molar-refractivity contribution in [2.24, 2.45) is 0 Å². The number of carbonyl (C=O) groups excluding carboxylic acids is 1. The fourth-order valence-corrected chi connectivity index (χ4v) is 0.727. The summed E-state index contributed by atoms with van der Waals surface area (Å²) in [5, 5.41) is 2.40. The third-order valence-electron chi connectivity index (χ3n) is 1.22. The van der Waals surface area contributed by atoms with Crippen LogP contribution >= 0.6 is 0 Å². The van der Waals surface area contributed by atoms with Gasteiger partial charge < -0.3 is 14.2 Å². The van der Waals surface area contributed by atoms with Crippen molar-refractivity contribution in [3.05, 3.63) is 0 Å². The second-order valence-corrected chi connectivity index (χ2v) is 1.81. The highest BCUT2D eigenvalue weighted by Crippen LogP contribution is 2.08. The Hall–Kier alpha value is -0.810. The fourth-order valence-electron chi connectivity index (χ4n) is 0.727. The number of carbonyl (C=O) groups is 1. The maximum Gasteiger partial charge on any atom is 0.411 e. The van der Waals surface area contributed by atoms with Gasteiger partial charge in [0.2, 0.25) is 6.29 Å². The molecule has 5 heteroatoms. The molecule has 1 heterocycles. The van der Waals surface area contributed by atoms with E-state index in [0.717, 1.165) is 0 Å². The Morgan fingerprint density at radius 2 is 2.20 bits per heavy atom. The Kier molecular flexibility index (Phi) is 2.08. The molecule has 0 radical (unpaired) electrons. The van der Waals surface area contributed by atoms with Crippen molar-refractivity contribution in [3.8, 4) is 0 Å². The molecule has 1 aliphatic rings. The average Bonchev–Trinajstić information content (AvgIpc) is 2.30. The van der Waals surface area contributed by atoms with Crippen LogP contribution in [0.3, 0.4) is 0 Å². The van der Waals surface area contributed by atoms with Crippen molar-refractivity contribution in [2.45, 2.75) is 12.5 Å². The Bertz CT molecular complexity index is 124. The van der Waals surface area contributed by atoms with Crippen molar-refractivity contribution in [3.63, 3.8) is 0 Å². The highest BCUT2D eigenvalue weighted by Gasteiger charge is 2.33. The zero-order valence-electron chi connectivity index (χ0n) is 5.79. The van der Waals surface area contributed by atoms with E-state index in [1.54, 1.807) is 0 Å². The summed E-state index contributed by atoms with van der Waals surface area (Å²) in [6.45, 7) is 0. The highest BCUT2D eigenvalue weighted by molar-refractivity contribution is 5.69. The first-order valence-electron chi connectivity index (χ1n) is 2.80. The van der Waals surface area contributed by atoms with Gasteiger partial charge in [0.05, 0.1) is 0 Å². The summed E-state index contributed by atoms with van der Waals surface area (Å²) in [7, 11) is 2.91. The number of rotatable bonds is 2. The summed E-state index contributed by atoms with van der Waals surface area (Å²) in [4.78, 5) is 10.5. The molecule has 5 nitrogen and oxygen atoms in total. The highest BCUT2D eigenvalue weighted by atomic mass is 16.7. The van der Waals surface area contributed by atoms with E-state index in [1.807, 2.05) is 0 Å². The van der Waals surface area contributed by atoms with Crippen LogP contribution in [-0.4, -0.2) is 32.8 Å². The number of cyclic esters (lactones) is 1. The molecule has 2 atom stereocenters. The quantitative estimate of drug-likeness (QED) is 0.581. The first kappa shape index (κ1) is 7.30. The van der Waals surface area contributed by atoms with Gasteiger partial charge in [0.15, 0.2) is 6.23 Å². The minimum absolute atomic E-state index is 0.488. The monoisotopic (exact) mass is 147 g/mol. The summed E-state index contributed by atoms with van der Waals surface area (Å²) in [5.41, 5.74) is 0. The second-order valence-electron chi connectivity index (χ2n) is 1.81. The predicted octanol–water partition coefficient (Wildman–Crippen LogP) is -0.329. The van der Waals surface area contributed by atoms with Gasteiger partial charge in [-0.05, 0) is 0 Å². The third-order valence-corrected chi connectivity index (χ3v) is 1.22. The molecular formula is C5H9NO4. The lowest BCUT2D eigenvalue weighted by atomic mass is 10.6. The normalized spacial score (nSPS) is 31.6. The van der Waals surface area contributed by atoms with Crippen molar-refractivity contribution < 1.29 is 19.0 Å². The Morgan fingerprint density at radius 3 is 2.60 bits per heavy atom. The lowest BCUT2D eigenvalue weighted by Crippen LogP contribution is -2.33. The van der Waals surface area contributed by atoms with Gasteiger partial charge in [-0.25, -0.2) is 4.79 Å². The van der Waals surface area contributed by atoms with E-state index >= 15 is 0 Å². The van der Waals surface area contributed by atoms with Gasteiger partial charge in [-0.2, -0.15) is 0 Å². The molecule has 1 rings (SSSR count). The Labute approximate surface area is 58.2 Å². The first-order chi connectivity index (χ1) is 4.77. The van der Waals surface area contributed by atoms with Crippen LogP contribution in [0.2, 0.25) is 0 Å². The van der Waals surface area contributed by atoms with Gasteiger partial charge in [-0.15, -0.1) is 0 Å². The van der Waals surface area contributed by atoms with E-state index in [4.69, 9.17) is 9.47 Å². The molecule has 0 aromatic rings. The van der Waals surface area contributed by atoms with Crippen LogP contribution in [0.1, 0.15) is 0 Å². The van der Waals surface area contributed by atoms with Crippen molar-refractivity contribution in [1.29, 1.82) is 0 Å². The van der Waals surface area contributed by atoms with Crippen LogP contribution in [0.15, 0.2) is 0 Å². The molecule has 1 amide bonds. The Balaban J connectivity index is 2.48. The van der Waals surface area contributed by atoms with E-state index in [9.17, 15) is 4.79 Å². The molecule has 10 heavy (non-hydrogen) atoms. The minimum atomic E-state index is -0.627. The summed E-state index contributed by atoms with van der Waals surface area (Å²) in [5.74, 6) is 0. The average molecular weight is 147 g/mol. The molecule has 0 aromatic carbocycles. The van der Waals surface area contributed by atoms with Crippen molar-refractivity contribution >= 4 is 6.09 Å². The largest absolute Gasteiger partial charge is 0.415 e. The van der Waals surface area contributed by atoms with Crippen LogP contribution < -0.4 is 5.32 Å². The van der Waals surface area contributed by atoms with E-state index < -0.39 is 18.6 Å². The number of ether oxygens (including phenoxy) is 3. The number of amides is 1. The number of hydrogen-bond acceptors (Lipinski definition) is 4. The van der Waals surface area contributed by atoms with Crippen LogP contribution in [0.25, 0.3) is 0 Å². The van der Waals surface area contributed by atoms with E-state index in [-0.39, 0.29) is 0 Å². The zero-order valence-corrected chi connectivity index (χ0v) is 5.79. The van der Waals surface area contributed by atoms with Gasteiger partial charge >= 0.3 is 6.09 Å². The number of alkyl carbamates (subject to hydrolysis) is 1. The molecule has 58 valence electrons. The summed E-state index contributed by atoms with van der Waals surface area (Å²) in [6, 6.07) is 0. The minimum Gasteiger partial charge on any atom is -0.415 e. The van der Waals surface area contributed by atoms with E-state index in [1.165, 1.54) is 14.2 Å². The maximum atomic E-state index is 10.5. The van der Waals surface area contributed by atoms with Crippen LogP contribution in [-0.2, 0) is 14.2 Å². The van der Waals surface area contributed by atoms with Crippen LogP contribution in [0, 0.1) is 0 Å². The van der Waals surface area contributed by atoms with Crippen molar-refractivity contribution in [1.82, 2.24) is 5.32 Å². The molecule has 1 aliphatic heterocycles. The molecule has 0 spiro atoms. The summed E-state index contributed by atoms with van der Waals surface area (Å²) < 4.78 is 14.2. The number of nitrogens with one attached hydrogen (secondary N) is 1. The maximum absolute atomic E-state index is 10.5. The van der Waals surface area contributed by atoms with Gasteiger partial charge in [0.1, 0.15) is 0 Å². The number of methoxy groups -OCH3 is 2. The van der Waals surface area contributed by atoms with Gasteiger partial charge in [-0.3, -0.25) is 5.32 Å². The Morgan fingerprint density at radius 1 is 1.50 bits per heavy atom. The van der Waals surface area contributed by atoms with Crippen LogP contribution in [0.5, 0.6) is 0 Å². The topological polar surface area (TPSA) is 56.8 Å². The molecule has 0 saturated carbocycles. The van der Waals surface area contributed by atoms with Gasteiger partial charge in [-0.1, -0.05) is 0 Å². The third kappa shape index (κ3) is 1.19. The molecule has 0 bridgehead atoms. The van der Waals surface area contributed by atoms with Crippen LogP contribution in [0.4, 0.5) is 4.79 Å². The van der Waals surface area contributed by atoms with Gasteiger partial charge in [0, 0.05) is 14.2 Å². The number of hydrogen-bond donors (Lipinski definition) is 1. The predicted molar refractivity (Wildman–Crippen MR) is 31.2 cm³/mol. The van der Waals surface area contributed by atoms with E-state index in [2.05, 4.69) is 10.1 Å². The lowest BCUT2D eigenvalue weighted by Gasteiger charge is -2.11. The molecule has 0 unspecified atom stereocenters. The zero-order chi connectivity index (χ0) is 7.56. The second kappa shape index (κ2) is 2.85. The fraction of sp³-hybridized carbons (Fsp3) is 0.800. The summed E-state index contributed by atoms with van der Waals surface area (Å²) >= 11 is 0. The smallest absolute Gasteiger partial charge is 0.411 e. The molecule has 1 fully saturated rings. The standard InChI is InChI=1S/C5H9NO4/c1-8-3-4(9-2)10-5(7)6-3/h3-4H,1-2H3,(H,6,7)/t3-,4+/m0/s1. The van der Waals surface area contributed by atoms with Crippen molar-refractivity contribution in [2.75, 3.05) is 14.2 Å². The SMILES string of the molecule is CO[C@@H]1OC(=O)N[C@H]1OC. The molecule has 1 N–H and O–H groups in total. The summed E-state index contributed by atoms with van der Waals surface area (Å²) in [6.07, 6.45) is -1.63. The molecule has 0 aliphatic carbocycles. The van der Waals surface area contributed by atoms with Gasteiger partial charge in [0.25, 0.3) is 0 Å².